The second-order valence-electron chi connectivity index (χ2n) is 17.4. The molecule has 1 aliphatic heterocycles. The smallest absolute Gasteiger partial charge is 0.178 e. The molecule has 2 heterocycles. The Morgan fingerprint density at radius 2 is 0.710 bits per heavy atom. The summed E-state index contributed by atoms with van der Waals surface area (Å²) in [5.74, 6) is 4.41. The van der Waals surface area contributed by atoms with Gasteiger partial charge in [-0.05, 0) is 79.4 Å². The molecule has 0 bridgehead atoms. The molecule has 13 rings (SSSR count). The van der Waals surface area contributed by atoms with Crippen molar-refractivity contribution in [1.29, 1.82) is 0 Å². The van der Waals surface area contributed by atoms with Crippen LogP contribution in [0.25, 0.3) is 78.7 Å². The van der Waals surface area contributed by atoms with E-state index in [1.807, 2.05) is 30.3 Å². The van der Waals surface area contributed by atoms with Crippen molar-refractivity contribution < 1.29 is 9.47 Å². The van der Waals surface area contributed by atoms with Gasteiger partial charge in [0.2, 0.25) is 0 Å². The van der Waals surface area contributed by atoms with E-state index in [0.717, 1.165) is 66.8 Å². The van der Waals surface area contributed by atoms with Crippen LogP contribution in [-0.2, 0) is 5.41 Å². The molecule has 1 aliphatic carbocycles. The minimum absolute atomic E-state index is 0.549. The summed E-state index contributed by atoms with van der Waals surface area (Å²) in [5, 5.41) is 0. The number of hydrogen-bond acceptors (Lipinski definition) is 5. The Balaban J connectivity index is 0.895. The molecule has 5 heteroatoms. The lowest BCUT2D eigenvalue weighted by Crippen LogP contribution is -2.28. The molecule has 1 aromatic heterocycles. The van der Waals surface area contributed by atoms with Crippen molar-refractivity contribution in [2.75, 3.05) is 0 Å². The van der Waals surface area contributed by atoms with Gasteiger partial charge in [0.15, 0.2) is 40.5 Å². The average Bonchev–Trinajstić information content (AvgIpc) is 3.75. The minimum Gasteiger partial charge on any atom is -0.449 e. The summed E-state index contributed by atoms with van der Waals surface area (Å²) in [5.41, 5.74) is 15.5. The zero-order valence-corrected chi connectivity index (χ0v) is 37.3. The molecule has 2 aliphatic rings. The van der Waals surface area contributed by atoms with Crippen LogP contribution in [0.4, 0.5) is 0 Å². The number of hydrogen-bond donors (Lipinski definition) is 0. The Kier molecular flexibility index (Phi) is 9.65. The first-order valence-corrected chi connectivity index (χ1v) is 23.2. The molecule has 0 saturated carbocycles. The predicted octanol–water partition coefficient (Wildman–Crippen LogP) is 16.1. The number of nitrogens with zero attached hydrogens (tertiary/aromatic N) is 3. The molecule has 0 radical (unpaired) electrons. The van der Waals surface area contributed by atoms with Crippen molar-refractivity contribution in [2.24, 2.45) is 0 Å². The van der Waals surface area contributed by atoms with Crippen LogP contribution in [0, 0.1) is 0 Å². The van der Waals surface area contributed by atoms with Crippen molar-refractivity contribution in [2.45, 2.75) is 5.41 Å². The van der Waals surface area contributed by atoms with Crippen molar-refractivity contribution in [3.05, 3.63) is 271 Å². The van der Waals surface area contributed by atoms with E-state index in [0.29, 0.717) is 40.5 Å². The minimum atomic E-state index is -0.549. The lowest BCUT2D eigenvalue weighted by Gasteiger charge is -2.34. The van der Waals surface area contributed by atoms with E-state index >= 15 is 0 Å². The summed E-state index contributed by atoms with van der Waals surface area (Å²) in [6.07, 6.45) is 0. The highest BCUT2D eigenvalue weighted by atomic mass is 16.6. The fourth-order valence-corrected chi connectivity index (χ4v) is 10.3. The Labute approximate surface area is 400 Å². The van der Waals surface area contributed by atoms with E-state index < -0.39 is 5.41 Å². The van der Waals surface area contributed by atoms with Gasteiger partial charge < -0.3 is 9.47 Å². The molecule has 0 saturated heterocycles. The van der Waals surface area contributed by atoms with Gasteiger partial charge in [0.25, 0.3) is 0 Å². The molecule has 0 N–H and O–H groups in total. The molecule has 0 atom stereocenters. The monoisotopic (exact) mass is 883 g/mol. The zero-order chi connectivity index (χ0) is 45.7. The van der Waals surface area contributed by atoms with Crippen LogP contribution in [0.1, 0.15) is 22.3 Å². The van der Waals surface area contributed by atoms with E-state index in [1.165, 1.54) is 16.7 Å². The maximum Gasteiger partial charge on any atom is 0.178 e. The summed E-state index contributed by atoms with van der Waals surface area (Å²) < 4.78 is 13.9. The van der Waals surface area contributed by atoms with Gasteiger partial charge in [-0.3, -0.25) is 0 Å². The van der Waals surface area contributed by atoms with Gasteiger partial charge in [-0.2, -0.15) is 0 Å². The molecular weight excluding hydrogens is 843 g/mol. The van der Waals surface area contributed by atoms with Gasteiger partial charge in [0, 0.05) is 22.3 Å². The number of rotatable bonds is 8. The largest absolute Gasteiger partial charge is 0.449 e. The molecule has 11 aromatic rings. The van der Waals surface area contributed by atoms with Gasteiger partial charge >= 0.3 is 0 Å². The van der Waals surface area contributed by atoms with Crippen LogP contribution in [-0.4, -0.2) is 15.0 Å². The number of fused-ring (bicyclic) bond motifs is 6. The third kappa shape index (κ3) is 6.82. The maximum atomic E-state index is 6.99. The van der Waals surface area contributed by atoms with Gasteiger partial charge in [-0.25, -0.2) is 15.0 Å². The van der Waals surface area contributed by atoms with Crippen LogP contribution in [0.5, 0.6) is 23.0 Å². The standard InChI is InChI=1S/C64H41N3O2/c1-5-17-42(18-6-1)44-29-33-46(34-30-44)61-65-62(47-35-31-45(32-36-47)43-19-7-2-8-20-43)67-63(66-61)52-26-14-13-25-51(52)48-37-39-56-58(41-48)68-57-40-38-55-59(60(57)69-56)53-27-15-16-28-54(53)64(55,49-21-9-3-10-22-49)50-23-11-4-12-24-50/h1-41H. The van der Waals surface area contributed by atoms with Crippen LogP contribution in [0.3, 0.4) is 0 Å². The van der Waals surface area contributed by atoms with Crippen molar-refractivity contribution in [3.63, 3.8) is 0 Å². The van der Waals surface area contributed by atoms with E-state index in [2.05, 4.69) is 218 Å². The first kappa shape index (κ1) is 40.1. The number of ether oxygens (including phenoxy) is 2. The van der Waals surface area contributed by atoms with Crippen LogP contribution in [0.15, 0.2) is 249 Å². The van der Waals surface area contributed by atoms with Crippen LogP contribution in [0.2, 0.25) is 0 Å². The highest BCUT2D eigenvalue weighted by molar-refractivity contribution is 5.92. The first-order chi connectivity index (χ1) is 34.2. The molecule has 0 fully saturated rings. The van der Waals surface area contributed by atoms with Gasteiger partial charge in [0.05, 0.1) is 5.41 Å². The Morgan fingerprint density at radius 3 is 1.29 bits per heavy atom. The van der Waals surface area contributed by atoms with Crippen molar-refractivity contribution >= 4 is 0 Å². The summed E-state index contributed by atoms with van der Waals surface area (Å²) in [6, 6.07) is 86.6. The first-order valence-electron chi connectivity index (χ1n) is 23.2. The Morgan fingerprint density at radius 1 is 0.275 bits per heavy atom. The van der Waals surface area contributed by atoms with Crippen molar-refractivity contribution in [1.82, 2.24) is 15.0 Å². The van der Waals surface area contributed by atoms with E-state index in [4.69, 9.17) is 24.4 Å². The zero-order valence-electron chi connectivity index (χ0n) is 37.3. The number of benzene rings is 10. The van der Waals surface area contributed by atoms with Crippen LogP contribution < -0.4 is 9.47 Å². The Bertz CT molecular complexity index is 3550. The lowest BCUT2D eigenvalue weighted by molar-refractivity contribution is 0.360. The van der Waals surface area contributed by atoms with Gasteiger partial charge in [0.1, 0.15) is 0 Å². The lowest BCUT2D eigenvalue weighted by atomic mass is 9.68. The maximum absolute atomic E-state index is 6.99. The average molecular weight is 884 g/mol. The van der Waals surface area contributed by atoms with Gasteiger partial charge in [-0.1, -0.05) is 231 Å². The number of aromatic nitrogens is 3. The second kappa shape index (κ2) is 16.6. The molecule has 69 heavy (non-hydrogen) atoms. The predicted molar refractivity (Wildman–Crippen MR) is 276 cm³/mol. The molecule has 0 amide bonds. The SMILES string of the molecule is c1ccc(-c2ccc(-c3nc(-c4ccc(-c5ccccc5)cc4)nc(-c4ccccc4-c4ccc5c(c4)Oc4ccc6c(c4O5)-c4ccccc4C6(c4ccccc4)c4ccccc4)n3)cc2)cc1. The van der Waals surface area contributed by atoms with E-state index in [1.54, 1.807) is 0 Å². The molecule has 5 nitrogen and oxygen atoms in total. The fraction of sp³-hybridized carbons (Fsp3) is 0.0156. The topological polar surface area (TPSA) is 57.1 Å². The van der Waals surface area contributed by atoms with Gasteiger partial charge in [-0.15, -0.1) is 0 Å². The Hall–Kier alpha value is -9.19. The molecule has 0 spiro atoms. The fourth-order valence-electron chi connectivity index (χ4n) is 10.3. The summed E-state index contributed by atoms with van der Waals surface area (Å²) >= 11 is 0. The van der Waals surface area contributed by atoms with Crippen LogP contribution >= 0.6 is 0 Å². The highest BCUT2D eigenvalue weighted by Gasteiger charge is 2.48. The van der Waals surface area contributed by atoms with Crippen molar-refractivity contribution in [3.8, 4) is 102 Å². The summed E-state index contributed by atoms with van der Waals surface area (Å²) in [7, 11) is 0. The molecular formula is C64H41N3O2. The third-order valence-electron chi connectivity index (χ3n) is 13.5. The highest BCUT2D eigenvalue weighted by Crippen LogP contribution is 2.62. The third-order valence-corrected chi connectivity index (χ3v) is 13.5. The molecule has 324 valence electrons. The van der Waals surface area contributed by atoms with E-state index in [9.17, 15) is 0 Å². The molecule has 10 aromatic carbocycles. The summed E-state index contributed by atoms with van der Waals surface area (Å²) in [4.78, 5) is 15.5. The quantitative estimate of drug-likeness (QED) is 0.152. The molecule has 0 unspecified atom stereocenters. The van der Waals surface area contributed by atoms with E-state index in [-0.39, 0.29) is 0 Å². The second-order valence-corrected chi connectivity index (χ2v) is 17.4. The normalized spacial score (nSPS) is 12.7. The summed E-state index contributed by atoms with van der Waals surface area (Å²) in [6.45, 7) is 0.